The Kier molecular flexibility index (Phi) is 7.02. The Labute approximate surface area is 130 Å². The lowest BCUT2D eigenvalue weighted by Crippen LogP contribution is -2.19. The quantitative estimate of drug-likeness (QED) is 0.591. The van der Waals surface area contributed by atoms with Crippen LogP contribution < -0.4 is 0 Å². The Bertz CT molecular complexity index is 385. The van der Waals surface area contributed by atoms with Crippen LogP contribution in [0, 0.1) is 0 Å². The van der Waals surface area contributed by atoms with Crippen LogP contribution in [0.2, 0.25) is 0 Å². The second-order valence-corrected chi connectivity index (χ2v) is 6.10. The lowest BCUT2D eigenvalue weighted by Gasteiger charge is -2.21. The molecule has 0 N–H and O–H groups in total. The lowest BCUT2D eigenvalue weighted by atomic mass is 9.99. The van der Waals surface area contributed by atoms with Crippen molar-refractivity contribution in [3.63, 3.8) is 0 Å². The molecule has 0 saturated carbocycles. The van der Waals surface area contributed by atoms with Gasteiger partial charge in [0.1, 0.15) is 0 Å². The van der Waals surface area contributed by atoms with Crippen LogP contribution in [0.5, 0.6) is 0 Å². The van der Waals surface area contributed by atoms with E-state index >= 15 is 0 Å². The van der Waals surface area contributed by atoms with Crippen molar-refractivity contribution in [3.05, 3.63) is 47.6 Å². The van der Waals surface area contributed by atoms with Gasteiger partial charge in [-0.25, -0.2) is 0 Å². The van der Waals surface area contributed by atoms with E-state index in [9.17, 15) is 0 Å². The largest absolute Gasteiger partial charge is 0.367 e. The van der Waals surface area contributed by atoms with Gasteiger partial charge in [-0.15, -0.1) is 0 Å². The predicted octanol–water partition coefficient (Wildman–Crippen LogP) is 5.89. The maximum absolute atomic E-state index is 6.33. The van der Waals surface area contributed by atoms with E-state index in [-0.39, 0.29) is 12.2 Å². The van der Waals surface area contributed by atoms with Crippen molar-refractivity contribution in [2.45, 2.75) is 77.4 Å². The fourth-order valence-corrected chi connectivity index (χ4v) is 2.97. The Morgan fingerprint density at radius 3 is 1.71 bits per heavy atom. The number of hydrogen-bond donors (Lipinski definition) is 0. The Morgan fingerprint density at radius 2 is 1.38 bits per heavy atom. The van der Waals surface area contributed by atoms with E-state index in [1.54, 1.807) is 0 Å². The second kappa shape index (κ2) is 9.04. The first kappa shape index (κ1) is 16.3. The summed E-state index contributed by atoms with van der Waals surface area (Å²) in [4.78, 5) is 0. The minimum absolute atomic E-state index is 0.247. The molecule has 0 spiro atoms. The molecule has 0 radical (unpaired) electrons. The molecule has 2 aliphatic rings. The van der Waals surface area contributed by atoms with E-state index in [2.05, 4.69) is 50.3 Å². The second-order valence-electron chi connectivity index (χ2n) is 6.10. The van der Waals surface area contributed by atoms with Crippen molar-refractivity contribution in [2.24, 2.45) is 0 Å². The number of rotatable bonds is 6. The van der Waals surface area contributed by atoms with Crippen molar-refractivity contribution in [3.8, 4) is 0 Å². The highest BCUT2D eigenvalue weighted by atomic mass is 16.5. The summed E-state index contributed by atoms with van der Waals surface area (Å²) in [5, 5.41) is 0. The van der Waals surface area contributed by atoms with Gasteiger partial charge in [0.05, 0.1) is 12.2 Å². The molecule has 0 amide bonds. The highest BCUT2D eigenvalue weighted by Gasteiger charge is 2.12. The summed E-state index contributed by atoms with van der Waals surface area (Å²) in [6.45, 7) is 4.43. The monoisotopic (exact) mass is 286 g/mol. The fraction of sp³-hybridized carbons (Fsp3) is 0.600. The lowest BCUT2D eigenvalue weighted by molar-refractivity contribution is 0.0367. The van der Waals surface area contributed by atoms with Gasteiger partial charge in [-0.3, -0.25) is 0 Å². The van der Waals surface area contributed by atoms with E-state index in [4.69, 9.17) is 4.74 Å². The van der Waals surface area contributed by atoms with E-state index in [0.717, 1.165) is 12.8 Å². The van der Waals surface area contributed by atoms with Gasteiger partial charge in [0, 0.05) is 0 Å². The molecule has 1 heteroatoms. The van der Waals surface area contributed by atoms with E-state index in [1.807, 2.05) is 0 Å². The maximum atomic E-state index is 6.33. The molecule has 0 aliphatic heterocycles. The molecule has 0 heterocycles. The van der Waals surface area contributed by atoms with Gasteiger partial charge < -0.3 is 4.74 Å². The summed E-state index contributed by atoms with van der Waals surface area (Å²) in [5.41, 5.74) is 2.90. The van der Waals surface area contributed by atoms with Crippen molar-refractivity contribution in [1.82, 2.24) is 0 Å². The highest BCUT2D eigenvalue weighted by Crippen LogP contribution is 2.21. The van der Waals surface area contributed by atoms with Crippen LogP contribution in [0.4, 0.5) is 0 Å². The Morgan fingerprint density at radius 1 is 0.905 bits per heavy atom. The van der Waals surface area contributed by atoms with Gasteiger partial charge in [0.25, 0.3) is 0 Å². The zero-order valence-corrected chi connectivity index (χ0v) is 13.7. The summed E-state index contributed by atoms with van der Waals surface area (Å²) in [7, 11) is 0. The van der Waals surface area contributed by atoms with Crippen LogP contribution in [0.25, 0.3) is 0 Å². The molecule has 0 aromatic rings. The molecule has 0 saturated heterocycles. The normalized spacial score (nSPS) is 25.4. The third-order valence-electron chi connectivity index (χ3n) is 4.29. The van der Waals surface area contributed by atoms with Gasteiger partial charge in [-0.05, 0) is 62.5 Å². The minimum Gasteiger partial charge on any atom is -0.367 e. The topological polar surface area (TPSA) is 9.23 Å². The summed E-state index contributed by atoms with van der Waals surface area (Å²) in [6, 6.07) is 0. The minimum atomic E-state index is 0.247. The van der Waals surface area contributed by atoms with Crippen LogP contribution >= 0.6 is 0 Å². The molecule has 21 heavy (non-hydrogen) atoms. The SMILES string of the molecule is CCC(C=C1C=CCCC1)OC(C=C1C=CCCC1)CC. The maximum Gasteiger partial charge on any atom is 0.0766 e. The molecule has 116 valence electrons. The first-order valence-corrected chi connectivity index (χ1v) is 8.71. The molecular formula is C20H30O. The molecule has 2 aliphatic carbocycles. The predicted molar refractivity (Wildman–Crippen MR) is 91.4 cm³/mol. The first-order valence-electron chi connectivity index (χ1n) is 8.71. The van der Waals surface area contributed by atoms with Crippen molar-refractivity contribution in [1.29, 1.82) is 0 Å². The third kappa shape index (κ3) is 5.67. The van der Waals surface area contributed by atoms with Gasteiger partial charge in [0.2, 0.25) is 0 Å². The average molecular weight is 286 g/mol. The van der Waals surface area contributed by atoms with Gasteiger partial charge >= 0.3 is 0 Å². The molecule has 2 atom stereocenters. The number of ether oxygens (including phenoxy) is 1. The van der Waals surface area contributed by atoms with Gasteiger partial charge in [-0.2, -0.15) is 0 Å². The molecule has 2 unspecified atom stereocenters. The summed E-state index contributed by atoms with van der Waals surface area (Å²) in [6.07, 6.45) is 23.8. The van der Waals surface area contributed by atoms with Gasteiger partial charge in [0.15, 0.2) is 0 Å². The van der Waals surface area contributed by atoms with Crippen LogP contribution in [-0.4, -0.2) is 12.2 Å². The molecular weight excluding hydrogens is 256 g/mol. The van der Waals surface area contributed by atoms with Crippen molar-refractivity contribution >= 4 is 0 Å². The zero-order valence-electron chi connectivity index (χ0n) is 13.7. The van der Waals surface area contributed by atoms with Crippen LogP contribution in [0.1, 0.15) is 65.2 Å². The molecule has 0 fully saturated rings. The Balaban J connectivity index is 1.97. The first-order chi connectivity index (χ1) is 10.3. The molecule has 0 aromatic heterocycles. The zero-order chi connectivity index (χ0) is 14.9. The van der Waals surface area contributed by atoms with Crippen LogP contribution in [0.3, 0.4) is 0 Å². The number of allylic oxidation sites excluding steroid dienone is 6. The van der Waals surface area contributed by atoms with E-state index in [0.29, 0.717) is 0 Å². The molecule has 2 rings (SSSR count). The average Bonchev–Trinajstić information content (AvgIpc) is 2.55. The Hall–Kier alpha value is -1.08. The summed E-state index contributed by atoms with van der Waals surface area (Å²) < 4.78 is 6.33. The van der Waals surface area contributed by atoms with Gasteiger partial charge in [-0.1, -0.05) is 50.3 Å². The van der Waals surface area contributed by atoms with Crippen LogP contribution in [-0.2, 0) is 4.74 Å². The van der Waals surface area contributed by atoms with Crippen molar-refractivity contribution < 1.29 is 4.74 Å². The summed E-state index contributed by atoms with van der Waals surface area (Å²) >= 11 is 0. The highest BCUT2D eigenvalue weighted by molar-refractivity contribution is 5.24. The fourth-order valence-electron chi connectivity index (χ4n) is 2.97. The molecule has 0 aromatic carbocycles. The van der Waals surface area contributed by atoms with E-state index < -0.39 is 0 Å². The third-order valence-corrected chi connectivity index (χ3v) is 4.29. The van der Waals surface area contributed by atoms with E-state index in [1.165, 1.54) is 49.7 Å². The van der Waals surface area contributed by atoms with Crippen LogP contribution in [0.15, 0.2) is 47.6 Å². The standard InChI is InChI=1S/C20H30O/c1-3-19(15-17-11-7-5-8-12-17)21-20(4-2)16-18-13-9-6-10-14-18/h7,9,11,13,15-16,19-20H,3-6,8,10,12,14H2,1-2H3. The summed E-state index contributed by atoms with van der Waals surface area (Å²) in [5.74, 6) is 0. The van der Waals surface area contributed by atoms with Crippen molar-refractivity contribution in [2.75, 3.05) is 0 Å². The molecule has 1 nitrogen and oxygen atoms in total. The smallest absolute Gasteiger partial charge is 0.0766 e. The molecule has 0 bridgehead atoms. The number of hydrogen-bond acceptors (Lipinski definition) is 1.